The van der Waals surface area contributed by atoms with Crippen molar-refractivity contribution in [2.45, 2.75) is 12.5 Å². The molecule has 2 aromatic rings. The summed E-state index contributed by atoms with van der Waals surface area (Å²) in [5, 5.41) is 9.62. The number of carbonyl (C=O) groups excluding carboxylic acids is 2. The molecule has 3 N–H and O–H groups in total. The molecule has 1 aliphatic heterocycles. The summed E-state index contributed by atoms with van der Waals surface area (Å²) in [6, 6.07) is 8.55. The van der Waals surface area contributed by atoms with Gasteiger partial charge in [-0.1, -0.05) is 46.4 Å². The van der Waals surface area contributed by atoms with E-state index in [1.807, 2.05) is 0 Å². The van der Waals surface area contributed by atoms with Crippen LogP contribution in [0, 0.1) is 0 Å². The molecule has 1 atom stereocenters. The lowest BCUT2D eigenvalue weighted by molar-refractivity contribution is -0.124. The standard InChI is InChI=1S/C17H12Cl4N4O2/c18-8-1-3-12(10(20)5-8)22-16(27)14-7-15(26)25-17(24-14)23-13-4-2-9(19)6-11(13)21/h1-6,14H,7H2,(H,22,27)(H2,23,24,25,26). The molecule has 0 aliphatic carbocycles. The van der Waals surface area contributed by atoms with Gasteiger partial charge in [0.15, 0.2) is 0 Å². The number of amides is 2. The van der Waals surface area contributed by atoms with Crippen molar-refractivity contribution in [1.82, 2.24) is 5.32 Å². The molecular formula is C17H12Cl4N4O2. The first kappa shape index (κ1) is 19.8. The van der Waals surface area contributed by atoms with E-state index >= 15 is 0 Å². The van der Waals surface area contributed by atoms with Crippen LogP contribution in [0.5, 0.6) is 0 Å². The molecule has 0 fully saturated rings. The van der Waals surface area contributed by atoms with Crippen LogP contribution >= 0.6 is 46.4 Å². The van der Waals surface area contributed by atoms with Crippen molar-refractivity contribution in [3.8, 4) is 0 Å². The molecule has 0 saturated heterocycles. The highest BCUT2D eigenvalue weighted by Crippen LogP contribution is 2.27. The topological polar surface area (TPSA) is 82.6 Å². The average molecular weight is 446 g/mol. The monoisotopic (exact) mass is 444 g/mol. The molecule has 6 nitrogen and oxygen atoms in total. The number of rotatable bonds is 3. The van der Waals surface area contributed by atoms with Gasteiger partial charge in [0.2, 0.25) is 17.8 Å². The lowest BCUT2D eigenvalue weighted by atomic mass is 10.1. The Labute approximate surface area is 174 Å². The predicted molar refractivity (Wildman–Crippen MR) is 109 cm³/mol. The zero-order chi connectivity index (χ0) is 19.6. The molecule has 2 aromatic carbocycles. The number of halogens is 4. The van der Waals surface area contributed by atoms with Crippen LogP contribution in [0.3, 0.4) is 0 Å². The number of benzene rings is 2. The molecule has 3 rings (SSSR count). The predicted octanol–water partition coefficient (Wildman–Crippen LogP) is 4.60. The molecule has 0 saturated carbocycles. The van der Waals surface area contributed by atoms with Crippen molar-refractivity contribution in [2.24, 2.45) is 4.99 Å². The quantitative estimate of drug-likeness (QED) is 0.645. The molecule has 1 aliphatic rings. The fourth-order valence-electron chi connectivity index (χ4n) is 2.33. The van der Waals surface area contributed by atoms with Gasteiger partial charge in [-0.3, -0.25) is 14.9 Å². The number of hydrogen-bond donors (Lipinski definition) is 3. The summed E-state index contributed by atoms with van der Waals surface area (Å²) in [5.41, 5.74) is 0.865. The van der Waals surface area contributed by atoms with Gasteiger partial charge in [-0.05, 0) is 36.4 Å². The Bertz CT molecular complexity index is 949. The van der Waals surface area contributed by atoms with Crippen LogP contribution in [0.15, 0.2) is 41.4 Å². The minimum atomic E-state index is -0.931. The lowest BCUT2D eigenvalue weighted by Crippen LogP contribution is -2.45. The van der Waals surface area contributed by atoms with E-state index in [9.17, 15) is 9.59 Å². The van der Waals surface area contributed by atoms with Gasteiger partial charge in [-0.15, -0.1) is 0 Å². The van der Waals surface area contributed by atoms with E-state index in [1.165, 1.54) is 6.07 Å². The summed E-state index contributed by atoms with van der Waals surface area (Å²) < 4.78 is 0. The highest BCUT2D eigenvalue weighted by atomic mass is 35.5. The largest absolute Gasteiger partial charge is 0.325 e. The fourth-order valence-corrected chi connectivity index (χ4v) is 3.24. The Morgan fingerprint density at radius 3 is 2.19 bits per heavy atom. The summed E-state index contributed by atoms with van der Waals surface area (Å²) in [6.45, 7) is 0. The fraction of sp³-hybridized carbons (Fsp3) is 0.118. The first-order valence-corrected chi connectivity index (χ1v) is 9.18. The summed E-state index contributed by atoms with van der Waals surface area (Å²) in [4.78, 5) is 28.7. The van der Waals surface area contributed by atoms with Gasteiger partial charge in [0.1, 0.15) is 6.04 Å². The summed E-state index contributed by atoms with van der Waals surface area (Å²) in [5.74, 6) is -0.728. The maximum Gasteiger partial charge on any atom is 0.249 e. The third-order valence-electron chi connectivity index (χ3n) is 3.60. The minimum Gasteiger partial charge on any atom is -0.325 e. The van der Waals surface area contributed by atoms with Gasteiger partial charge < -0.3 is 10.6 Å². The van der Waals surface area contributed by atoms with Crippen LogP contribution in [-0.4, -0.2) is 23.8 Å². The molecule has 140 valence electrons. The number of hydrogen-bond acceptors (Lipinski definition) is 4. The van der Waals surface area contributed by atoms with Crippen LogP contribution < -0.4 is 16.0 Å². The van der Waals surface area contributed by atoms with Crippen LogP contribution in [0.25, 0.3) is 0 Å². The van der Waals surface area contributed by atoms with Gasteiger partial charge in [0.05, 0.1) is 27.8 Å². The second kappa shape index (κ2) is 8.35. The van der Waals surface area contributed by atoms with E-state index in [2.05, 4.69) is 20.9 Å². The van der Waals surface area contributed by atoms with E-state index in [4.69, 9.17) is 46.4 Å². The van der Waals surface area contributed by atoms with Crippen LogP contribution in [0.4, 0.5) is 11.4 Å². The number of nitrogens with zero attached hydrogens (tertiary/aromatic N) is 1. The molecule has 0 radical (unpaired) electrons. The van der Waals surface area contributed by atoms with Crippen molar-refractivity contribution in [2.75, 3.05) is 10.6 Å². The van der Waals surface area contributed by atoms with Gasteiger partial charge in [-0.2, -0.15) is 0 Å². The zero-order valence-corrected chi connectivity index (χ0v) is 16.5. The van der Waals surface area contributed by atoms with Crippen molar-refractivity contribution in [1.29, 1.82) is 0 Å². The first-order valence-electron chi connectivity index (χ1n) is 7.67. The number of nitrogens with one attached hydrogen (secondary N) is 3. The number of aliphatic imine (C=N–C) groups is 1. The molecule has 0 bridgehead atoms. The van der Waals surface area contributed by atoms with E-state index in [0.29, 0.717) is 26.4 Å². The van der Waals surface area contributed by atoms with E-state index in [-0.39, 0.29) is 23.3 Å². The molecule has 27 heavy (non-hydrogen) atoms. The summed E-state index contributed by atoms with van der Waals surface area (Å²) >= 11 is 23.9. The van der Waals surface area contributed by atoms with E-state index < -0.39 is 11.9 Å². The van der Waals surface area contributed by atoms with Crippen LogP contribution in [0.2, 0.25) is 20.1 Å². The maximum atomic E-state index is 12.5. The van der Waals surface area contributed by atoms with Crippen molar-refractivity contribution < 1.29 is 9.59 Å². The molecule has 0 spiro atoms. The van der Waals surface area contributed by atoms with Crippen molar-refractivity contribution >= 4 is 75.6 Å². The lowest BCUT2D eigenvalue weighted by Gasteiger charge is -2.21. The van der Waals surface area contributed by atoms with Gasteiger partial charge in [-0.25, -0.2) is 4.99 Å². The van der Waals surface area contributed by atoms with E-state index in [0.717, 1.165) is 0 Å². The van der Waals surface area contributed by atoms with E-state index in [1.54, 1.807) is 30.3 Å². The SMILES string of the molecule is O=C1CC(C(=O)Nc2ccc(Cl)cc2Cl)N=C(Nc2ccc(Cl)cc2Cl)N1. The van der Waals surface area contributed by atoms with Gasteiger partial charge in [0.25, 0.3) is 0 Å². The molecular weight excluding hydrogens is 434 g/mol. The van der Waals surface area contributed by atoms with Crippen molar-refractivity contribution in [3.63, 3.8) is 0 Å². The van der Waals surface area contributed by atoms with Gasteiger partial charge >= 0.3 is 0 Å². The third-order valence-corrected chi connectivity index (χ3v) is 4.69. The summed E-state index contributed by atoms with van der Waals surface area (Å²) in [6.07, 6.45) is -0.101. The number of carbonyl (C=O) groups is 2. The first-order chi connectivity index (χ1) is 12.8. The maximum absolute atomic E-state index is 12.5. The normalized spacial score (nSPS) is 16.4. The highest BCUT2D eigenvalue weighted by molar-refractivity contribution is 6.37. The Morgan fingerprint density at radius 1 is 1.00 bits per heavy atom. The van der Waals surface area contributed by atoms with Crippen molar-refractivity contribution in [3.05, 3.63) is 56.5 Å². The zero-order valence-electron chi connectivity index (χ0n) is 13.5. The number of guanidine groups is 1. The number of anilines is 2. The third kappa shape index (κ3) is 5.05. The second-order valence-corrected chi connectivity index (χ2v) is 7.30. The molecule has 10 heteroatoms. The highest BCUT2D eigenvalue weighted by Gasteiger charge is 2.27. The second-order valence-electron chi connectivity index (χ2n) is 5.61. The average Bonchev–Trinajstić information content (AvgIpc) is 2.59. The Balaban J connectivity index is 1.77. The van der Waals surface area contributed by atoms with Gasteiger partial charge in [0, 0.05) is 10.0 Å². The summed E-state index contributed by atoms with van der Waals surface area (Å²) in [7, 11) is 0. The smallest absolute Gasteiger partial charge is 0.249 e. The molecule has 0 aromatic heterocycles. The molecule has 1 unspecified atom stereocenters. The van der Waals surface area contributed by atoms with Crippen LogP contribution in [0.1, 0.15) is 6.42 Å². The Morgan fingerprint density at radius 2 is 1.59 bits per heavy atom. The Hall–Kier alpha value is -1.99. The minimum absolute atomic E-state index is 0.101. The molecule has 1 heterocycles. The van der Waals surface area contributed by atoms with Crippen LogP contribution in [-0.2, 0) is 9.59 Å². The molecule has 2 amide bonds. The Kier molecular flexibility index (Phi) is 6.11.